The highest BCUT2D eigenvalue weighted by Crippen LogP contribution is 2.25. The molecule has 1 nitrogen and oxygen atoms in total. The summed E-state index contributed by atoms with van der Waals surface area (Å²) in [6.07, 6.45) is 3.11. The lowest BCUT2D eigenvalue weighted by molar-refractivity contribution is 0.200. The zero-order valence-electron chi connectivity index (χ0n) is 11.0. The first-order valence-corrected chi connectivity index (χ1v) is 6.64. The predicted molar refractivity (Wildman–Crippen MR) is 74.4 cm³/mol. The van der Waals surface area contributed by atoms with Crippen molar-refractivity contribution in [3.63, 3.8) is 0 Å². The number of benzene rings is 1. The van der Waals surface area contributed by atoms with Crippen LogP contribution in [0.3, 0.4) is 0 Å². The lowest BCUT2D eigenvalue weighted by Gasteiger charge is -2.22. The first kappa shape index (κ1) is 14.5. The van der Waals surface area contributed by atoms with Gasteiger partial charge >= 0.3 is 0 Å². The molecule has 1 rings (SSSR count). The second-order valence-electron chi connectivity index (χ2n) is 5.98. The van der Waals surface area contributed by atoms with E-state index in [1.54, 1.807) is 0 Å². The standard InChI is InChI=1S/C15H23ClO/c1-15(2,3)8-7-13(11-17)9-12-5-4-6-14(16)10-12/h4-6,10,13,17H,7-9,11H2,1-3H3. The van der Waals surface area contributed by atoms with Crippen molar-refractivity contribution in [2.45, 2.75) is 40.0 Å². The molecule has 0 radical (unpaired) electrons. The molecule has 0 saturated carbocycles. The third-order valence-electron chi connectivity index (χ3n) is 2.97. The SMILES string of the molecule is CC(C)(C)CCC(CO)Cc1cccc(Cl)c1. The van der Waals surface area contributed by atoms with Crippen molar-refractivity contribution in [3.8, 4) is 0 Å². The molecule has 1 aromatic rings. The normalized spacial score (nSPS) is 13.7. The van der Waals surface area contributed by atoms with Gasteiger partial charge in [0.05, 0.1) is 0 Å². The van der Waals surface area contributed by atoms with Crippen molar-refractivity contribution >= 4 is 11.6 Å². The molecule has 0 spiro atoms. The van der Waals surface area contributed by atoms with Gasteiger partial charge < -0.3 is 5.11 Å². The minimum Gasteiger partial charge on any atom is -0.396 e. The molecule has 1 atom stereocenters. The smallest absolute Gasteiger partial charge is 0.0462 e. The molecule has 0 fully saturated rings. The van der Waals surface area contributed by atoms with Gasteiger partial charge in [-0.25, -0.2) is 0 Å². The second-order valence-corrected chi connectivity index (χ2v) is 6.42. The van der Waals surface area contributed by atoms with E-state index < -0.39 is 0 Å². The van der Waals surface area contributed by atoms with E-state index in [1.807, 2.05) is 18.2 Å². The first-order valence-electron chi connectivity index (χ1n) is 6.26. The number of aliphatic hydroxyl groups excluding tert-OH is 1. The van der Waals surface area contributed by atoms with Crippen LogP contribution in [0.2, 0.25) is 5.02 Å². The van der Waals surface area contributed by atoms with Crippen LogP contribution in [0.5, 0.6) is 0 Å². The summed E-state index contributed by atoms with van der Waals surface area (Å²) in [4.78, 5) is 0. The molecule has 0 aliphatic heterocycles. The third-order valence-corrected chi connectivity index (χ3v) is 3.21. The van der Waals surface area contributed by atoms with Gasteiger partial charge in [0.15, 0.2) is 0 Å². The number of halogens is 1. The van der Waals surface area contributed by atoms with E-state index in [0.717, 1.165) is 24.3 Å². The maximum absolute atomic E-state index is 9.42. The quantitative estimate of drug-likeness (QED) is 0.830. The molecule has 0 aromatic heterocycles. The Balaban J connectivity index is 2.52. The number of rotatable bonds is 5. The molecule has 96 valence electrons. The number of hydrogen-bond donors (Lipinski definition) is 1. The average molecular weight is 255 g/mol. The predicted octanol–water partition coefficient (Wildman–Crippen LogP) is 4.32. The van der Waals surface area contributed by atoms with Crippen molar-refractivity contribution in [3.05, 3.63) is 34.9 Å². The van der Waals surface area contributed by atoms with Gasteiger partial charge in [0.25, 0.3) is 0 Å². The summed E-state index contributed by atoms with van der Waals surface area (Å²) >= 11 is 5.96. The summed E-state index contributed by atoms with van der Waals surface area (Å²) in [6, 6.07) is 7.91. The van der Waals surface area contributed by atoms with Crippen LogP contribution < -0.4 is 0 Å². The van der Waals surface area contributed by atoms with Crippen molar-refractivity contribution in [1.82, 2.24) is 0 Å². The maximum atomic E-state index is 9.42. The highest BCUT2D eigenvalue weighted by molar-refractivity contribution is 6.30. The topological polar surface area (TPSA) is 20.2 Å². The van der Waals surface area contributed by atoms with Crippen molar-refractivity contribution in [2.75, 3.05) is 6.61 Å². The molecule has 0 amide bonds. The molecule has 1 aromatic carbocycles. The Labute approximate surface area is 110 Å². The van der Waals surface area contributed by atoms with Crippen molar-refractivity contribution in [2.24, 2.45) is 11.3 Å². The fourth-order valence-corrected chi connectivity index (χ4v) is 2.11. The summed E-state index contributed by atoms with van der Waals surface area (Å²) in [5, 5.41) is 10.2. The van der Waals surface area contributed by atoms with Gasteiger partial charge in [-0.05, 0) is 48.3 Å². The van der Waals surface area contributed by atoms with Gasteiger partial charge in [-0.1, -0.05) is 44.5 Å². The average Bonchev–Trinajstić information content (AvgIpc) is 2.23. The lowest BCUT2D eigenvalue weighted by atomic mass is 9.85. The highest BCUT2D eigenvalue weighted by Gasteiger charge is 2.15. The number of aliphatic hydroxyl groups is 1. The monoisotopic (exact) mass is 254 g/mol. The first-order chi connectivity index (χ1) is 7.90. The molecule has 0 heterocycles. The molecule has 0 bridgehead atoms. The molecule has 1 unspecified atom stereocenters. The van der Waals surface area contributed by atoms with Gasteiger partial charge in [-0.3, -0.25) is 0 Å². The van der Waals surface area contributed by atoms with E-state index in [2.05, 4.69) is 26.8 Å². The van der Waals surface area contributed by atoms with Gasteiger partial charge in [-0.2, -0.15) is 0 Å². The number of hydrogen-bond acceptors (Lipinski definition) is 1. The van der Waals surface area contributed by atoms with Gasteiger partial charge in [-0.15, -0.1) is 0 Å². The highest BCUT2D eigenvalue weighted by atomic mass is 35.5. The van der Waals surface area contributed by atoms with Crippen LogP contribution >= 0.6 is 11.6 Å². The van der Waals surface area contributed by atoms with Crippen LogP contribution in [0.1, 0.15) is 39.2 Å². The van der Waals surface area contributed by atoms with Gasteiger partial charge in [0, 0.05) is 11.6 Å². The van der Waals surface area contributed by atoms with E-state index in [-0.39, 0.29) is 6.61 Å². The summed E-state index contributed by atoms with van der Waals surface area (Å²) < 4.78 is 0. The van der Waals surface area contributed by atoms with Crippen LogP contribution in [-0.2, 0) is 6.42 Å². The zero-order chi connectivity index (χ0) is 12.9. The largest absolute Gasteiger partial charge is 0.396 e. The second kappa shape index (κ2) is 6.42. The van der Waals surface area contributed by atoms with Crippen molar-refractivity contribution in [1.29, 1.82) is 0 Å². The van der Waals surface area contributed by atoms with Gasteiger partial charge in [0.1, 0.15) is 0 Å². The Bertz CT molecular complexity index is 341. The van der Waals surface area contributed by atoms with E-state index in [4.69, 9.17) is 11.6 Å². The zero-order valence-corrected chi connectivity index (χ0v) is 11.8. The Morgan fingerprint density at radius 2 is 2.00 bits per heavy atom. The fraction of sp³-hybridized carbons (Fsp3) is 0.600. The lowest BCUT2D eigenvalue weighted by Crippen LogP contribution is -2.14. The maximum Gasteiger partial charge on any atom is 0.0462 e. The molecular formula is C15H23ClO. The molecule has 2 heteroatoms. The Kier molecular flexibility index (Phi) is 5.48. The molecular weight excluding hydrogens is 232 g/mol. The molecule has 0 aliphatic carbocycles. The van der Waals surface area contributed by atoms with E-state index >= 15 is 0 Å². The van der Waals surface area contributed by atoms with Crippen LogP contribution in [0.4, 0.5) is 0 Å². The van der Waals surface area contributed by atoms with Gasteiger partial charge in [0.2, 0.25) is 0 Å². The van der Waals surface area contributed by atoms with Crippen LogP contribution in [0.25, 0.3) is 0 Å². The summed E-state index contributed by atoms with van der Waals surface area (Å²) in [6.45, 7) is 6.96. The third kappa shape index (κ3) is 6.09. The van der Waals surface area contributed by atoms with Crippen LogP contribution in [-0.4, -0.2) is 11.7 Å². The van der Waals surface area contributed by atoms with E-state index in [0.29, 0.717) is 11.3 Å². The van der Waals surface area contributed by atoms with E-state index in [1.165, 1.54) is 5.56 Å². The Morgan fingerprint density at radius 1 is 1.29 bits per heavy atom. The Hall–Kier alpha value is -0.530. The molecule has 17 heavy (non-hydrogen) atoms. The minimum absolute atomic E-state index is 0.253. The minimum atomic E-state index is 0.253. The molecule has 0 aliphatic rings. The van der Waals surface area contributed by atoms with Crippen molar-refractivity contribution < 1.29 is 5.11 Å². The van der Waals surface area contributed by atoms with E-state index in [9.17, 15) is 5.11 Å². The summed E-state index contributed by atoms with van der Waals surface area (Å²) in [7, 11) is 0. The summed E-state index contributed by atoms with van der Waals surface area (Å²) in [5.74, 6) is 0.340. The van der Waals surface area contributed by atoms with Crippen LogP contribution in [0.15, 0.2) is 24.3 Å². The summed E-state index contributed by atoms with van der Waals surface area (Å²) in [5.41, 5.74) is 1.55. The van der Waals surface area contributed by atoms with Crippen LogP contribution in [0, 0.1) is 11.3 Å². The Morgan fingerprint density at radius 3 is 2.53 bits per heavy atom. The molecule has 0 saturated heterocycles. The molecule has 1 N–H and O–H groups in total. The fourth-order valence-electron chi connectivity index (χ4n) is 1.89.